The van der Waals surface area contributed by atoms with Crippen LogP contribution < -0.4 is 0 Å². The van der Waals surface area contributed by atoms with Crippen molar-refractivity contribution in [3.05, 3.63) is 29.8 Å². The first kappa shape index (κ1) is 14.6. The predicted molar refractivity (Wildman–Crippen MR) is 78.5 cm³/mol. The van der Waals surface area contributed by atoms with Gasteiger partial charge in [0.1, 0.15) is 0 Å². The molecule has 3 rings (SSSR count). The van der Waals surface area contributed by atoms with Crippen molar-refractivity contribution in [1.82, 2.24) is 0 Å². The van der Waals surface area contributed by atoms with Gasteiger partial charge in [-0.05, 0) is 50.2 Å². The predicted octanol–water partition coefficient (Wildman–Crippen LogP) is 2.36. The molecule has 4 atom stereocenters. The van der Waals surface area contributed by atoms with Crippen molar-refractivity contribution < 1.29 is 17.9 Å². The topological polar surface area (TPSA) is 60.4 Å². The van der Waals surface area contributed by atoms with Gasteiger partial charge in [0.15, 0.2) is 9.84 Å². The van der Waals surface area contributed by atoms with E-state index in [9.17, 15) is 13.2 Å². The second-order valence-corrected chi connectivity index (χ2v) is 8.31. The van der Waals surface area contributed by atoms with Crippen LogP contribution in [0.25, 0.3) is 0 Å². The normalized spacial score (nSPS) is 31.3. The number of carbonyl (C=O) groups excluding carboxylic acids is 1. The summed E-state index contributed by atoms with van der Waals surface area (Å²) in [6.07, 6.45) is 2.66. The summed E-state index contributed by atoms with van der Waals surface area (Å²) >= 11 is 0. The Morgan fingerprint density at radius 2 is 1.76 bits per heavy atom. The van der Waals surface area contributed by atoms with Crippen LogP contribution >= 0.6 is 0 Å². The minimum Gasteiger partial charge on any atom is -0.469 e. The number of benzene rings is 1. The molecule has 4 unspecified atom stereocenters. The van der Waals surface area contributed by atoms with Gasteiger partial charge in [-0.3, -0.25) is 4.79 Å². The molecule has 0 heterocycles. The second kappa shape index (κ2) is 5.13. The summed E-state index contributed by atoms with van der Waals surface area (Å²) in [5, 5.41) is -0.619. The SMILES string of the molecule is COC(=O)C1C2CCC(C2)C1S(=O)(=O)c1ccc(C)cc1. The molecular formula is C16H20O4S. The maximum absolute atomic E-state index is 13.0. The number of sulfone groups is 1. The highest BCUT2D eigenvalue weighted by atomic mass is 32.2. The molecule has 2 aliphatic rings. The van der Waals surface area contributed by atoms with Crippen molar-refractivity contribution in [2.75, 3.05) is 7.11 Å². The van der Waals surface area contributed by atoms with Crippen LogP contribution in [0.3, 0.4) is 0 Å². The fraction of sp³-hybridized carbons (Fsp3) is 0.562. The number of esters is 1. The Morgan fingerprint density at radius 3 is 2.38 bits per heavy atom. The third-order valence-electron chi connectivity index (χ3n) is 5.02. The fourth-order valence-corrected chi connectivity index (χ4v) is 6.34. The van der Waals surface area contributed by atoms with Crippen molar-refractivity contribution in [1.29, 1.82) is 0 Å². The molecule has 0 spiro atoms. The van der Waals surface area contributed by atoms with Crippen molar-refractivity contribution in [2.24, 2.45) is 17.8 Å². The van der Waals surface area contributed by atoms with E-state index in [2.05, 4.69) is 0 Å². The molecule has 2 bridgehead atoms. The summed E-state index contributed by atoms with van der Waals surface area (Å²) in [4.78, 5) is 12.4. The van der Waals surface area contributed by atoms with Crippen molar-refractivity contribution in [3.8, 4) is 0 Å². The minimum atomic E-state index is -3.49. The van der Waals surface area contributed by atoms with Crippen molar-refractivity contribution in [2.45, 2.75) is 36.3 Å². The Balaban J connectivity index is 2.00. The van der Waals surface area contributed by atoms with Gasteiger partial charge in [-0.25, -0.2) is 8.42 Å². The summed E-state index contributed by atoms with van der Waals surface area (Å²) in [5.74, 6) is -0.624. The van der Waals surface area contributed by atoms with Crippen LogP contribution in [0.2, 0.25) is 0 Å². The fourth-order valence-electron chi connectivity index (χ4n) is 4.03. The summed E-state index contributed by atoms with van der Waals surface area (Å²) < 4.78 is 30.8. The summed E-state index contributed by atoms with van der Waals surface area (Å²) in [7, 11) is -2.15. The molecule has 0 saturated heterocycles. The van der Waals surface area contributed by atoms with E-state index in [1.54, 1.807) is 24.3 Å². The van der Waals surface area contributed by atoms with E-state index in [1.807, 2.05) is 6.92 Å². The zero-order chi connectivity index (χ0) is 15.2. The molecule has 4 nitrogen and oxygen atoms in total. The molecule has 21 heavy (non-hydrogen) atoms. The van der Waals surface area contributed by atoms with E-state index in [4.69, 9.17) is 4.74 Å². The van der Waals surface area contributed by atoms with Crippen LogP contribution in [-0.4, -0.2) is 26.7 Å². The molecule has 1 aromatic rings. The maximum Gasteiger partial charge on any atom is 0.310 e. The van der Waals surface area contributed by atoms with E-state index in [1.165, 1.54) is 7.11 Å². The van der Waals surface area contributed by atoms with Crippen LogP contribution in [0, 0.1) is 24.7 Å². The molecule has 2 aliphatic carbocycles. The lowest BCUT2D eigenvalue weighted by Gasteiger charge is -2.28. The Kier molecular flexibility index (Phi) is 3.56. The van der Waals surface area contributed by atoms with Crippen LogP contribution in [0.1, 0.15) is 24.8 Å². The number of ether oxygens (including phenoxy) is 1. The van der Waals surface area contributed by atoms with E-state index in [0.717, 1.165) is 24.8 Å². The molecule has 0 N–H and O–H groups in total. The first-order valence-electron chi connectivity index (χ1n) is 7.33. The van der Waals surface area contributed by atoms with Gasteiger partial charge in [-0.2, -0.15) is 0 Å². The van der Waals surface area contributed by atoms with Gasteiger partial charge in [0, 0.05) is 0 Å². The quantitative estimate of drug-likeness (QED) is 0.804. The molecule has 0 aliphatic heterocycles. The number of hydrogen-bond donors (Lipinski definition) is 0. The maximum atomic E-state index is 13.0. The highest BCUT2D eigenvalue weighted by Gasteiger charge is 2.56. The molecule has 114 valence electrons. The standard InChI is InChI=1S/C16H20O4S/c1-10-3-7-13(8-4-10)21(18,19)15-12-6-5-11(9-12)14(15)16(17)20-2/h3-4,7-8,11-12,14-15H,5-6,9H2,1-2H3. The van der Waals surface area contributed by atoms with Crippen molar-refractivity contribution >= 4 is 15.8 Å². The second-order valence-electron chi connectivity index (χ2n) is 6.20. The van der Waals surface area contributed by atoms with Gasteiger partial charge in [0.2, 0.25) is 0 Å². The monoisotopic (exact) mass is 308 g/mol. The smallest absolute Gasteiger partial charge is 0.310 e. The number of fused-ring (bicyclic) bond motifs is 2. The van der Waals surface area contributed by atoms with E-state index in [0.29, 0.717) is 4.90 Å². The number of aryl methyl sites for hydroxylation is 1. The molecule has 2 fully saturated rings. The Bertz CT molecular complexity index is 647. The number of hydrogen-bond acceptors (Lipinski definition) is 4. The van der Waals surface area contributed by atoms with Crippen LogP contribution in [0.15, 0.2) is 29.2 Å². The molecule has 0 amide bonds. The first-order chi connectivity index (χ1) is 9.95. The first-order valence-corrected chi connectivity index (χ1v) is 8.88. The molecule has 0 radical (unpaired) electrons. The largest absolute Gasteiger partial charge is 0.469 e. The zero-order valence-electron chi connectivity index (χ0n) is 12.3. The van der Waals surface area contributed by atoms with E-state index in [-0.39, 0.29) is 17.8 Å². The zero-order valence-corrected chi connectivity index (χ0v) is 13.1. The lowest BCUT2D eigenvalue weighted by atomic mass is 9.88. The number of methoxy groups -OCH3 is 1. The minimum absolute atomic E-state index is 0.0883. The average Bonchev–Trinajstić information content (AvgIpc) is 3.07. The van der Waals surface area contributed by atoms with Crippen LogP contribution in [0.5, 0.6) is 0 Å². The van der Waals surface area contributed by atoms with Gasteiger partial charge < -0.3 is 4.74 Å². The Hall–Kier alpha value is -1.36. The third-order valence-corrected chi connectivity index (χ3v) is 7.35. The van der Waals surface area contributed by atoms with Gasteiger partial charge in [0.05, 0.1) is 23.2 Å². The molecule has 5 heteroatoms. The van der Waals surface area contributed by atoms with Crippen LogP contribution in [-0.2, 0) is 19.4 Å². The summed E-state index contributed by atoms with van der Waals surface area (Å²) in [6, 6.07) is 6.89. The summed E-state index contributed by atoms with van der Waals surface area (Å²) in [6.45, 7) is 1.92. The van der Waals surface area contributed by atoms with Gasteiger partial charge in [0.25, 0.3) is 0 Å². The van der Waals surface area contributed by atoms with Gasteiger partial charge >= 0.3 is 5.97 Å². The lowest BCUT2D eigenvalue weighted by Crippen LogP contribution is -2.40. The highest BCUT2D eigenvalue weighted by Crippen LogP contribution is 2.52. The van der Waals surface area contributed by atoms with Crippen LogP contribution in [0.4, 0.5) is 0 Å². The van der Waals surface area contributed by atoms with E-state index >= 15 is 0 Å². The molecular weight excluding hydrogens is 288 g/mol. The van der Waals surface area contributed by atoms with Gasteiger partial charge in [-0.15, -0.1) is 0 Å². The third kappa shape index (κ3) is 2.27. The number of rotatable bonds is 3. The summed E-state index contributed by atoms with van der Waals surface area (Å²) in [5.41, 5.74) is 1.02. The Morgan fingerprint density at radius 1 is 1.14 bits per heavy atom. The molecule has 2 saturated carbocycles. The van der Waals surface area contributed by atoms with Crippen molar-refractivity contribution in [3.63, 3.8) is 0 Å². The lowest BCUT2D eigenvalue weighted by molar-refractivity contribution is -0.147. The van der Waals surface area contributed by atoms with E-state index < -0.39 is 21.0 Å². The highest BCUT2D eigenvalue weighted by molar-refractivity contribution is 7.92. The molecule has 1 aromatic carbocycles. The molecule has 0 aromatic heterocycles. The average molecular weight is 308 g/mol. The van der Waals surface area contributed by atoms with Gasteiger partial charge in [-0.1, -0.05) is 17.7 Å². The number of carbonyl (C=O) groups is 1. The Labute approximate surface area is 125 Å².